The molecule has 2 heterocycles. The highest BCUT2D eigenvalue weighted by Crippen LogP contribution is 2.20. The number of benzene rings is 1. The van der Waals surface area contributed by atoms with Gasteiger partial charge in [-0.2, -0.15) is 0 Å². The first kappa shape index (κ1) is 17.3. The third-order valence-electron chi connectivity index (χ3n) is 4.07. The van der Waals surface area contributed by atoms with Gasteiger partial charge < -0.3 is 18.8 Å². The summed E-state index contributed by atoms with van der Waals surface area (Å²) >= 11 is 0. The van der Waals surface area contributed by atoms with E-state index in [9.17, 15) is 4.79 Å². The SMILES string of the molecule is C#Cc1cccc(N(Cc2ccco2)C(=O)COC[C@@H]2CCCO2)c1. The van der Waals surface area contributed by atoms with Crippen LogP contribution in [0.5, 0.6) is 0 Å². The van der Waals surface area contributed by atoms with Gasteiger partial charge in [0.1, 0.15) is 12.4 Å². The van der Waals surface area contributed by atoms with Crippen molar-refractivity contribution >= 4 is 11.6 Å². The molecule has 0 bridgehead atoms. The second-order valence-corrected chi connectivity index (χ2v) is 5.90. The van der Waals surface area contributed by atoms with Gasteiger partial charge in [-0.1, -0.05) is 12.0 Å². The summed E-state index contributed by atoms with van der Waals surface area (Å²) in [5.74, 6) is 3.13. The van der Waals surface area contributed by atoms with Crippen molar-refractivity contribution in [1.82, 2.24) is 0 Å². The third kappa shape index (κ3) is 4.72. The van der Waals surface area contributed by atoms with Gasteiger partial charge in [-0.15, -0.1) is 6.42 Å². The standard InChI is InChI=1S/C20H21NO4/c1-2-16-6-3-7-17(12-16)21(13-18-8-4-10-24-18)20(22)15-23-14-19-9-5-11-25-19/h1,3-4,6-8,10,12,19H,5,9,11,13-15H2/t19-/m0/s1. The van der Waals surface area contributed by atoms with E-state index < -0.39 is 0 Å². The summed E-state index contributed by atoms with van der Waals surface area (Å²) < 4.78 is 16.5. The van der Waals surface area contributed by atoms with Crippen molar-refractivity contribution in [2.45, 2.75) is 25.5 Å². The highest BCUT2D eigenvalue weighted by molar-refractivity contribution is 5.94. The van der Waals surface area contributed by atoms with Gasteiger partial charge in [-0.05, 0) is 43.2 Å². The number of amides is 1. The monoisotopic (exact) mass is 339 g/mol. The van der Waals surface area contributed by atoms with E-state index in [1.807, 2.05) is 24.3 Å². The Labute approximate surface area is 147 Å². The fraction of sp³-hybridized carbons (Fsp3) is 0.350. The Morgan fingerprint density at radius 3 is 3.00 bits per heavy atom. The molecule has 1 saturated heterocycles. The number of nitrogens with zero attached hydrogens (tertiary/aromatic N) is 1. The number of hydrogen-bond acceptors (Lipinski definition) is 4. The van der Waals surface area contributed by atoms with Crippen molar-refractivity contribution in [3.63, 3.8) is 0 Å². The van der Waals surface area contributed by atoms with Crippen molar-refractivity contribution in [3.05, 3.63) is 54.0 Å². The number of terminal acetylenes is 1. The van der Waals surface area contributed by atoms with Gasteiger partial charge in [0.2, 0.25) is 0 Å². The van der Waals surface area contributed by atoms with Gasteiger partial charge in [0.25, 0.3) is 5.91 Å². The number of ether oxygens (including phenoxy) is 2. The van der Waals surface area contributed by atoms with E-state index >= 15 is 0 Å². The molecule has 5 nitrogen and oxygen atoms in total. The van der Waals surface area contributed by atoms with Crippen LogP contribution in [0.1, 0.15) is 24.2 Å². The third-order valence-corrected chi connectivity index (χ3v) is 4.07. The number of furan rings is 1. The Balaban J connectivity index is 1.68. The maximum Gasteiger partial charge on any atom is 0.253 e. The quantitative estimate of drug-likeness (QED) is 0.728. The second-order valence-electron chi connectivity index (χ2n) is 5.90. The fourth-order valence-electron chi connectivity index (χ4n) is 2.78. The van der Waals surface area contributed by atoms with Crippen molar-refractivity contribution in [3.8, 4) is 12.3 Å². The van der Waals surface area contributed by atoms with E-state index in [0.717, 1.165) is 30.7 Å². The zero-order valence-electron chi connectivity index (χ0n) is 14.0. The van der Waals surface area contributed by atoms with E-state index in [4.69, 9.17) is 20.3 Å². The summed E-state index contributed by atoms with van der Waals surface area (Å²) in [4.78, 5) is 14.3. The number of anilines is 1. The van der Waals surface area contributed by atoms with Gasteiger partial charge in [-0.25, -0.2) is 0 Å². The zero-order chi connectivity index (χ0) is 17.5. The van der Waals surface area contributed by atoms with Crippen molar-refractivity contribution in [2.75, 3.05) is 24.7 Å². The summed E-state index contributed by atoms with van der Waals surface area (Å²) in [5, 5.41) is 0. The largest absolute Gasteiger partial charge is 0.467 e. The molecule has 0 saturated carbocycles. The van der Waals surface area contributed by atoms with E-state index in [1.165, 1.54) is 0 Å². The van der Waals surface area contributed by atoms with Crippen molar-refractivity contribution in [2.24, 2.45) is 0 Å². The maximum atomic E-state index is 12.7. The van der Waals surface area contributed by atoms with E-state index in [2.05, 4.69) is 5.92 Å². The molecular formula is C20H21NO4. The number of carbonyl (C=O) groups is 1. The van der Waals surface area contributed by atoms with Gasteiger partial charge in [0.05, 0.1) is 25.5 Å². The lowest BCUT2D eigenvalue weighted by Gasteiger charge is -2.22. The molecule has 0 radical (unpaired) electrons. The summed E-state index contributed by atoms with van der Waals surface area (Å²) in [6.45, 7) is 1.51. The molecule has 3 rings (SSSR count). The topological polar surface area (TPSA) is 51.9 Å². The van der Waals surface area contributed by atoms with Crippen LogP contribution in [-0.4, -0.2) is 31.8 Å². The molecule has 1 aromatic heterocycles. The molecule has 1 aliphatic heterocycles. The van der Waals surface area contributed by atoms with Gasteiger partial charge in [0, 0.05) is 17.9 Å². The molecular weight excluding hydrogens is 318 g/mol. The van der Waals surface area contributed by atoms with Crippen LogP contribution in [0.2, 0.25) is 0 Å². The van der Waals surface area contributed by atoms with Crippen LogP contribution in [0.25, 0.3) is 0 Å². The summed E-state index contributed by atoms with van der Waals surface area (Å²) in [7, 11) is 0. The predicted molar refractivity (Wildman–Crippen MR) is 94.1 cm³/mol. The van der Waals surface area contributed by atoms with E-state index in [-0.39, 0.29) is 18.6 Å². The molecule has 1 aromatic carbocycles. The number of hydrogen-bond donors (Lipinski definition) is 0. The number of carbonyl (C=O) groups excluding carboxylic acids is 1. The highest BCUT2D eigenvalue weighted by atomic mass is 16.5. The van der Waals surface area contributed by atoms with Crippen LogP contribution in [0.4, 0.5) is 5.69 Å². The highest BCUT2D eigenvalue weighted by Gasteiger charge is 2.20. The molecule has 0 spiro atoms. The van der Waals surface area contributed by atoms with Crippen LogP contribution in [0.15, 0.2) is 47.1 Å². The second kappa shape index (κ2) is 8.52. The average Bonchev–Trinajstić information content (AvgIpc) is 3.33. The first-order chi connectivity index (χ1) is 12.3. The summed E-state index contributed by atoms with van der Waals surface area (Å²) in [6, 6.07) is 10.9. The smallest absolute Gasteiger partial charge is 0.253 e. The molecule has 5 heteroatoms. The van der Waals surface area contributed by atoms with Gasteiger partial charge in [-0.3, -0.25) is 4.79 Å². The minimum Gasteiger partial charge on any atom is -0.467 e. The zero-order valence-corrected chi connectivity index (χ0v) is 14.0. The molecule has 1 atom stereocenters. The number of rotatable bonds is 7. The van der Waals surface area contributed by atoms with Gasteiger partial charge >= 0.3 is 0 Å². The summed E-state index contributed by atoms with van der Waals surface area (Å²) in [5.41, 5.74) is 1.44. The van der Waals surface area contributed by atoms with Crippen molar-refractivity contribution < 1.29 is 18.7 Å². The lowest BCUT2D eigenvalue weighted by atomic mass is 10.2. The van der Waals surface area contributed by atoms with Gasteiger partial charge in [0.15, 0.2) is 0 Å². The maximum absolute atomic E-state index is 12.7. The molecule has 1 aliphatic rings. The van der Waals surface area contributed by atoms with E-state index in [1.54, 1.807) is 23.3 Å². The molecule has 2 aromatic rings. The molecule has 25 heavy (non-hydrogen) atoms. The minimum atomic E-state index is -0.149. The van der Waals surface area contributed by atoms with Crippen LogP contribution in [-0.2, 0) is 20.8 Å². The van der Waals surface area contributed by atoms with Crippen LogP contribution < -0.4 is 4.90 Å². The van der Waals surface area contributed by atoms with E-state index in [0.29, 0.717) is 18.9 Å². The van der Waals surface area contributed by atoms with Crippen molar-refractivity contribution in [1.29, 1.82) is 0 Å². The first-order valence-electron chi connectivity index (χ1n) is 8.35. The average molecular weight is 339 g/mol. The summed E-state index contributed by atoms with van der Waals surface area (Å²) in [6.07, 6.45) is 9.18. The Morgan fingerprint density at radius 1 is 1.36 bits per heavy atom. The molecule has 1 amide bonds. The Bertz CT molecular complexity index is 726. The van der Waals surface area contributed by atoms with Crippen LogP contribution >= 0.6 is 0 Å². The van der Waals surface area contributed by atoms with Crippen LogP contribution in [0, 0.1) is 12.3 Å². The lowest BCUT2D eigenvalue weighted by Crippen LogP contribution is -2.34. The first-order valence-corrected chi connectivity index (χ1v) is 8.35. The molecule has 0 unspecified atom stereocenters. The molecule has 0 N–H and O–H groups in total. The minimum absolute atomic E-state index is 0.0130. The molecule has 130 valence electrons. The Kier molecular flexibility index (Phi) is 5.89. The predicted octanol–water partition coefficient (Wildman–Crippen LogP) is 2.99. The Morgan fingerprint density at radius 2 is 2.28 bits per heavy atom. The lowest BCUT2D eigenvalue weighted by molar-refractivity contribution is -0.124. The normalized spacial score (nSPS) is 16.5. The molecule has 1 fully saturated rings. The Hall–Kier alpha value is -2.55. The fourth-order valence-corrected chi connectivity index (χ4v) is 2.78. The van der Waals surface area contributed by atoms with Crippen LogP contribution in [0.3, 0.4) is 0 Å². The molecule has 0 aliphatic carbocycles.